The summed E-state index contributed by atoms with van der Waals surface area (Å²) in [6, 6.07) is 18.1. The van der Waals surface area contributed by atoms with Crippen LogP contribution < -0.4 is 5.32 Å². The molecule has 0 radical (unpaired) electrons. The van der Waals surface area contributed by atoms with Gasteiger partial charge >= 0.3 is 0 Å². The fourth-order valence-electron chi connectivity index (χ4n) is 3.94. The van der Waals surface area contributed by atoms with Crippen LogP contribution in [0, 0.1) is 0 Å². The first-order valence-corrected chi connectivity index (χ1v) is 9.79. The van der Waals surface area contributed by atoms with E-state index in [1.54, 1.807) is 0 Å². The van der Waals surface area contributed by atoms with Crippen LogP contribution in [0.3, 0.4) is 0 Å². The van der Waals surface area contributed by atoms with Crippen molar-refractivity contribution >= 4 is 5.78 Å². The monoisotopic (exact) mass is 375 g/mol. The highest BCUT2D eigenvalue weighted by Crippen LogP contribution is 2.36. The third kappa shape index (κ3) is 3.50. The van der Waals surface area contributed by atoms with Crippen molar-refractivity contribution < 1.29 is 9.21 Å². The average Bonchev–Trinajstić information content (AvgIpc) is 3.16. The van der Waals surface area contributed by atoms with E-state index in [0.29, 0.717) is 18.2 Å². The van der Waals surface area contributed by atoms with Crippen LogP contribution in [0.4, 0.5) is 0 Å². The Labute approximate surface area is 165 Å². The Hall–Kier alpha value is -2.79. The molecule has 2 atom stereocenters. The first-order chi connectivity index (χ1) is 13.6. The molecule has 0 amide bonds. The molecule has 0 bridgehead atoms. The van der Waals surface area contributed by atoms with E-state index in [1.807, 2.05) is 49.5 Å². The number of nitrogens with one attached hydrogen (secondary N) is 1. The molecule has 5 nitrogen and oxygen atoms in total. The topological polar surface area (TPSA) is 68.0 Å². The molecule has 0 saturated carbocycles. The van der Waals surface area contributed by atoms with Gasteiger partial charge in [-0.1, -0.05) is 54.6 Å². The summed E-state index contributed by atoms with van der Waals surface area (Å²) >= 11 is 0. The first-order valence-electron chi connectivity index (χ1n) is 9.79. The molecule has 0 saturated heterocycles. The van der Waals surface area contributed by atoms with E-state index in [0.717, 1.165) is 30.4 Å². The smallest absolute Gasteiger partial charge is 0.236 e. The summed E-state index contributed by atoms with van der Waals surface area (Å²) in [4.78, 5) is 12.4. The summed E-state index contributed by atoms with van der Waals surface area (Å²) in [5.74, 6) is 1.32. The van der Waals surface area contributed by atoms with Crippen molar-refractivity contribution in [3.63, 3.8) is 0 Å². The highest BCUT2D eigenvalue weighted by Gasteiger charge is 2.34. The van der Waals surface area contributed by atoms with E-state index < -0.39 is 5.54 Å². The largest absolute Gasteiger partial charge is 0.423 e. The predicted octanol–water partition coefficient (Wildman–Crippen LogP) is 4.25. The second-order valence-corrected chi connectivity index (χ2v) is 7.65. The number of Topliss-reactive ketones (excluding diaryl/α,β-unsaturated/α-hetero) is 1. The number of rotatable bonds is 5. The van der Waals surface area contributed by atoms with Gasteiger partial charge in [-0.3, -0.25) is 4.79 Å². The number of carbonyl (C=O) groups is 1. The number of fused-ring (bicyclic) bond motifs is 1. The van der Waals surface area contributed by atoms with Crippen LogP contribution >= 0.6 is 0 Å². The number of benzene rings is 2. The van der Waals surface area contributed by atoms with Gasteiger partial charge in [0, 0.05) is 12.0 Å². The van der Waals surface area contributed by atoms with E-state index in [-0.39, 0.29) is 11.7 Å². The lowest BCUT2D eigenvalue weighted by Crippen LogP contribution is -2.39. The van der Waals surface area contributed by atoms with Crippen molar-refractivity contribution in [1.82, 2.24) is 15.5 Å². The molecule has 1 aliphatic carbocycles. The molecule has 0 spiro atoms. The van der Waals surface area contributed by atoms with Crippen LogP contribution in [0.1, 0.15) is 65.4 Å². The van der Waals surface area contributed by atoms with E-state index >= 15 is 0 Å². The molecular weight excluding hydrogens is 350 g/mol. The average molecular weight is 375 g/mol. The lowest BCUT2D eigenvalue weighted by Gasteiger charge is -2.25. The van der Waals surface area contributed by atoms with Gasteiger partial charge in [0.15, 0.2) is 5.78 Å². The van der Waals surface area contributed by atoms with Gasteiger partial charge in [-0.25, -0.2) is 0 Å². The summed E-state index contributed by atoms with van der Waals surface area (Å²) in [5.41, 5.74) is 2.51. The molecule has 5 heteroatoms. The van der Waals surface area contributed by atoms with Crippen LogP contribution in [-0.4, -0.2) is 23.0 Å². The van der Waals surface area contributed by atoms with E-state index in [4.69, 9.17) is 4.42 Å². The number of hydrogen-bond acceptors (Lipinski definition) is 5. The Morgan fingerprint density at radius 2 is 1.86 bits per heavy atom. The van der Waals surface area contributed by atoms with Gasteiger partial charge in [0.1, 0.15) is 0 Å². The Balaban J connectivity index is 1.67. The standard InChI is InChI=1S/C23H25N3O2/c1-23(24-2,15-16-9-4-3-5-10-16)22-26-25-21(28-22)19-13-8-14-20(27)18-12-7-6-11-17(18)19/h3-7,9-12,19,24H,8,13-15H2,1-2H3/t19?,23-/m0/s1. The van der Waals surface area contributed by atoms with Gasteiger partial charge in [-0.15, -0.1) is 10.2 Å². The van der Waals surface area contributed by atoms with Crippen LogP contribution in [0.25, 0.3) is 0 Å². The lowest BCUT2D eigenvalue weighted by atomic mass is 9.92. The highest BCUT2D eigenvalue weighted by molar-refractivity contribution is 5.98. The molecule has 0 aliphatic heterocycles. The molecule has 2 aromatic carbocycles. The SMILES string of the molecule is CN[C@@](C)(Cc1ccccc1)c1nnc(C2CCCC(=O)c3ccccc32)o1. The fourth-order valence-corrected chi connectivity index (χ4v) is 3.94. The minimum Gasteiger partial charge on any atom is -0.423 e. The van der Waals surface area contributed by atoms with Crippen molar-refractivity contribution in [2.45, 2.75) is 44.1 Å². The summed E-state index contributed by atoms with van der Waals surface area (Å²) in [6.45, 7) is 2.07. The molecule has 4 rings (SSSR count). The zero-order chi connectivity index (χ0) is 19.6. The summed E-state index contributed by atoms with van der Waals surface area (Å²) in [5, 5.41) is 12.1. The Morgan fingerprint density at radius 3 is 2.64 bits per heavy atom. The summed E-state index contributed by atoms with van der Waals surface area (Å²) in [6.07, 6.45) is 2.96. The molecule has 1 heterocycles. The van der Waals surface area contributed by atoms with Gasteiger partial charge in [0.25, 0.3) is 0 Å². The molecule has 144 valence electrons. The summed E-state index contributed by atoms with van der Waals surface area (Å²) < 4.78 is 6.20. The Morgan fingerprint density at radius 1 is 1.11 bits per heavy atom. The molecule has 1 aliphatic rings. The quantitative estimate of drug-likeness (QED) is 0.676. The van der Waals surface area contributed by atoms with Crippen LogP contribution in [0.15, 0.2) is 59.0 Å². The summed E-state index contributed by atoms with van der Waals surface area (Å²) in [7, 11) is 1.91. The minimum absolute atomic E-state index is 0.0401. The molecule has 28 heavy (non-hydrogen) atoms. The minimum atomic E-state index is -0.466. The zero-order valence-electron chi connectivity index (χ0n) is 16.3. The molecule has 1 N–H and O–H groups in total. The van der Waals surface area contributed by atoms with Crippen LogP contribution in [-0.2, 0) is 12.0 Å². The third-order valence-electron chi connectivity index (χ3n) is 5.70. The van der Waals surface area contributed by atoms with Crippen molar-refractivity contribution in [3.8, 4) is 0 Å². The highest BCUT2D eigenvalue weighted by atomic mass is 16.4. The third-order valence-corrected chi connectivity index (χ3v) is 5.70. The molecule has 3 aromatic rings. The Kier molecular flexibility index (Phi) is 5.09. The second kappa shape index (κ2) is 7.68. The van der Waals surface area contributed by atoms with Gasteiger partial charge < -0.3 is 9.73 Å². The molecular formula is C23H25N3O2. The van der Waals surface area contributed by atoms with E-state index in [2.05, 4.69) is 34.6 Å². The van der Waals surface area contributed by atoms with Crippen molar-refractivity contribution in [3.05, 3.63) is 83.1 Å². The van der Waals surface area contributed by atoms with Gasteiger partial charge in [0.2, 0.25) is 11.8 Å². The molecule has 0 fully saturated rings. The van der Waals surface area contributed by atoms with Crippen LogP contribution in [0.5, 0.6) is 0 Å². The van der Waals surface area contributed by atoms with Crippen LogP contribution in [0.2, 0.25) is 0 Å². The number of hydrogen-bond donors (Lipinski definition) is 1. The number of carbonyl (C=O) groups excluding carboxylic acids is 1. The second-order valence-electron chi connectivity index (χ2n) is 7.65. The van der Waals surface area contributed by atoms with Crippen molar-refractivity contribution in [2.75, 3.05) is 7.05 Å². The number of ketones is 1. The first kappa shape index (κ1) is 18.6. The number of aromatic nitrogens is 2. The van der Waals surface area contributed by atoms with Crippen molar-refractivity contribution in [2.24, 2.45) is 0 Å². The predicted molar refractivity (Wildman–Crippen MR) is 107 cm³/mol. The van der Waals surface area contributed by atoms with E-state index in [9.17, 15) is 4.79 Å². The van der Waals surface area contributed by atoms with Gasteiger partial charge in [0.05, 0.1) is 11.5 Å². The Bertz CT molecular complexity index is 967. The van der Waals surface area contributed by atoms with Gasteiger partial charge in [-0.05, 0) is 44.4 Å². The fraction of sp³-hybridized carbons (Fsp3) is 0.348. The normalized spacial score (nSPS) is 18.9. The molecule has 1 aromatic heterocycles. The van der Waals surface area contributed by atoms with Crippen molar-refractivity contribution in [1.29, 1.82) is 0 Å². The number of nitrogens with zero attached hydrogens (tertiary/aromatic N) is 2. The lowest BCUT2D eigenvalue weighted by molar-refractivity contribution is 0.0982. The zero-order valence-corrected chi connectivity index (χ0v) is 16.3. The maximum absolute atomic E-state index is 12.4. The maximum atomic E-state index is 12.4. The van der Waals surface area contributed by atoms with E-state index in [1.165, 1.54) is 5.56 Å². The van der Waals surface area contributed by atoms with Gasteiger partial charge in [-0.2, -0.15) is 0 Å². The molecule has 1 unspecified atom stereocenters. The number of likely N-dealkylation sites (N-methyl/N-ethyl adjacent to an activating group) is 1. The maximum Gasteiger partial charge on any atom is 0.236 e.